The van der Waals surface area contributed by atoms with Gasteiger partial charge in [0.15, 0.2) is 0 Å². The Bertz CT molecular complexity index is 1420. The number of benzene rings is 2. The number of carbonyl (C=O) groups excluding carboxylic acids is 1. The number of imidazole rings is 1. The normalized spacial score (nSPS) is 16.7. The molecule has 0 bridgehead atoms. The third-order valence-corrected chi connectivity index (χ3v) is 7.98. The molecule has 4 rings (SSSR count). The number of sulfonamides is 1. The molecule has 2 heterocycles. The van der Waals surface area contributed by atoms with Gasteiger partial charge in [0.2, 0.25) is 15.9 Å². The number of aromatic nitrogens is 2. The zero-order chi connectivity index (χ0) is 27.1. The van der Waals surface area contributed by atoms with Crippen molar-refractivity contribution < 1.29 is 17.6 Å². The minimum absolute atomic E-state index is 0.197. The first-order valence-electron chi connectivity index (χ1n) is 12.4. The van der Waals surface area contributed by atoms with Gasteiger partial charge >= 0.3 is 0 Å². The maximum absolute atomic E-state index is 14.0. The first-order valence-corrected chi connectivity index (χ1v) is 14.3. The van der Waals surface area contributed by atoms with E-state index in [1.165, 1.54) is 10.4 Å². The molecule has 0 aliphatic carbocycles. The van der Waals surface area contributed by atoms with Gasteiger partial charge in [0.05, 0.1) is 24.2 Å². The third-order valence-electron chi connectivity index (χ3n) is 6.69. The summed E-state index contributed by atoms with van der Waals surface area (Å²) in [6, 6.07) is 15.2. The highest BCUT2D eigenvalue weighted by Crippen LogP contribution is 2.16. The maximum atomic E-state index is 14.0. The van der Waals surface area contributed by atoms with E-state index in [9.17, 15) is 17.6 Å². The first kappa shape index (κ1) is 27.4. The number of rotatable bonds is 10. The van der Waals surface area contributed by atoms with Gasteiger partial charge in [-0.3, -0.25) is 9.69 Å². The van der Waals surface area contributed by atoms with Gasteiger partial charge < -0.3 is 9.88 Å². The minimum atomic E-state index is -3.58. The molecule has 1 N–H and O–H groups in total. The summed E-state index contributed by atoms with van der Waals surface area (Å²) in [5.74, 6) is -0.632. The molecule has 11 heteroatoms. The van der Waals surface area contributed by atoms with E-state index < -0.39 is 16.1 Å². The number of halogens is 1. The van der Waals surface area contributed by atoms with E-state index in [1.807, 2.05) is 27.7 Å². The molecule has 9 nitrogen and oxygen atoms in total. The predicted molar refractivity (Wildman–Crippen MR) is 141 cm³/mol. The van der Waals surface area contributed by atoms with Crippen LogP contribution in [0.2, 0.25) is 0 Å². The second-order valence-corrected chi connectivity index (χ2v) is 11.3. The average molecular weight is 539 g/mol. The molecule has 1 aromatic heterocycles. The van der Waals surface area contributed by atoms with Gasteiger partial charge in [-0.1, -0.05) is 30.3 Å². The molecule has 200 valence electrons. The molecule has 0 spiro atoms. The fraction of sp³-hybridized carbons (Fsp3) is 0.370. The Morgan fingerprint density at radius 2 is 2.00 bits per heavy atom. The standard InChI is InChI=1S/C27H31FN6O3S/c1-38(36,37)34-14-13-32(12-10-23-7-2-3-8-25(23)28)19-26(34)27(35)31-11-9-24-17-30-20-33(24)18-22-6-4-5-21(15-22)16-29/h2-8,15,17,20,26H,9-14,18-19H2,1H3,(H,31,35). The van der Waals surface area contributed by atoms with E-state index in [1.54, 1.807) is 36.8 Å². The number of carbonyl (C=O) groups is 1. The monoisotopic (exact) mass is 538 g/mol. The molecule has 3 aromatic rings. The summed E-state index contributed by atoms with van der Waals surface area (Å²) in [4.78, 5) is 19.4. The molecular formula is C27H31FN6O3S. The number of piperazine rings is 1. The van der Waals surface area contributed by atoms with Crippen molar-refractivity contribution in [2.45, 2.75) is 25.4 Å². The van der Waals surface area contributed by atoms with Crippen molar-refractivity contribution in [1.29, 1.82) is 5.26 Å². The van der Waals surface area contributed by atoms with Crippen LogP contribution >= 0.6 is 0 Å². The molecule has 0 saturated carbocycles. The van der Waals surface area contributed by atoms with Crippen molar-refractivity contribution in [3.63, 3.8) is 0 Å². The number of nitrogens with zero attached hydrogens (tertiary/aromatic N) is 5. The summed E-state index contributed by atoms with van der Waals surface area (Å²) < 4.78 is 42.0. The lowest BCUT2D eigenvalue weighted by atomic mass is 10.1. The molecule has 38 heavy (non-hydrogen) atoms. The molecular weight excluding hydrogens is 507 g/mol. The Morgan fingerprint density at radius 3 is 2.76 bits per heavy atom. The van der Waals surface area contributed by atoms with Crippen LogP contribution in [-0.2, 0) is 34.2 Å². The highest BCUT2D eigenvalue weighted by atomic mass is 32.2. The summed E-state index contributed by atoms with van der Waals surface area (Å²) in [6.07, 6.45) is 5.53. The van der Waals surface area contributed by atoms with E-state index in [0.29, 0.717) is 50.1 Å². The Kier molecular flexibility index (Phi) is 8.89. The summed E-state index contributed by atoms with van der Waals surface area (Å²) in [7, 11) is -3.58. The second kappa shape index (κ2) is 12.3. The number of nitriles is 1. The van der Waals surface area contributed by atoms with Crippen LogP contribution < -0.4 is 5.32 Å². The van der Waals surface area contributed by atoms with Crippen molar-refractivity contribution >= 4 is 15.9 Å². The molecule has 0 radical (unpaired) electrons. The maximum Gasteiger partial charge on any atom is 0.239 e. The van der Waals surface area contributed by atoms with E-state index in [2.05, 4.69) is 16.4 Å². The quantitative estimate of drug-likeness (QED) is 0.421. The number of hydrogen-bond acceptors (Lipinski definition) is 6. The van der Waals surface area contributed by atoms with Gasteiger partial charge in [0.1, 0.15) is 11.9 Å². The molecule has 1 fully saturated rings. The number of hydrogen-bond donors (Lipinski definition) is 1. The van der Waals surface area contributed by atoms with E-state index in [4.69, 9.17) is 5.26 Å². The lowest BCUT2D eigenvalue weighted by molar-refractivity contribution is -0.126. The lowest BCUT2D eigenvalue weighted by Gasteiger charge is -2.39. The van der Waals surface area contributed by atoms with Crippen molar-refractivity contribution in [3.8, 4) is 6.07 Å². The average Bonchev–Trinajstić information content (AvgIpc) is 3.34. The molecule has 1 aliphatic rings. The molecule has 1 unspecified atom stereocenters. The zero-order valence-electron chi connectivity index (χ0n) is 21.3. The Morgan fingerprint density at radius 1 is 1.18 bits per heavy atom. The van der Waals surface area contributed by atoms with Gasteiger partial charge in [0.25, 0.3) is 0 Å². The predicted octanol–water partition coefficient (Wildman–Crippen LogP) is 1.79. The van der Waals surface area contributed by atoms with Crippen LogP contribution in [0.4, 0.5) is 4.39 Å². The lowest BCUT2D eigenvalue weighted by Crippen LogP contribution is -2.60. The van der Waals surface area contributed by atoms with Crippen LogP contribution in [0.15, 0.2) is 61.1 Å². The van der Waals surface area contributed by atoms with Crippen LogP contribution in [-0.4, -0.2) is 78.1 Å². The van der Waals surface area contributed by atoms with Crippen molar-refractivity contribution in [1.82, 2.24) is 24.1 Å². The van der Waals surface area contributed by atoms with Gasteiger partial charge in [-0.25, -0.2) is 17.8 Å². The third kappa shape index (κ3) is 7.04. The Balaban J connectivity index is 1.35. The molecule has 1 aliphatic heterocycles. The molecule has 1 amide bonds. The topological polar surface area (TPSA) is 111 Å². The fourth-order valence-corrected chi connectivity index (χ4v) is 5.72. The Hall–Kier alpha value is -3.59. The van der Waals surface area contributed by atoms with E-state index in [-0.39, 0.29) is 24.8 Å². The number of nitrogens with one attached hydrogen (secondary N) is 1. The van der Waals surface area contributed by atoms with Gasteiger partial charge in [-0.2, -0.15) is 9.57 Å². The molecule has 1 saturated heterocycles. The highest BCUT2D eigenvalue weighted by Gasteiger charge is 2.37. The summed E-state index contributed by atoms with van der Waals surface area (Å²) >= 11 is 0. The van der Waals surface area contributed by atoms with Crippen molar-refractivity contribution in [3.05, 3.63) is 89.3 Å². The van der Waals surface area contributed by atoms with Gasteiger partial charge in [0, 0.05) is 57.6 Å². The fourth-order valence-electron chi connectivity index (χ4n) is 4.68. The zero-order valence-corrected chi connectivity index (χ0v) is 22.1. The smallest absolute Gasteiger partial charge is 0.239 e. The van der Waals surface area contributed by atoms with E-state index in [0.717, 1.165) is 17.5 Å². The van der Waals surface area contributed by atoms with Crippen LogP contribution in [0.3, 0.4) is 0 Å². The van der Waals surface area contributed by atoms with Gasteiger partial charge in [-0.05, 0) is 35.7 Å². The van der Waals surface area contributed by atoms with Crippen LogP contribution in [0.1, 0.15) is 22.4 Å². The Labute approximate surface area is 222 Å². The summed E-state index contributed by atoms with van der Waals surface area (Å²) in [5.41, 5.74) is 3.05. The molecule has 1 atom stereocenters. The largest absolute Gasteiger partial charge is 0.354 e. The van der Waals surface area contributed by atoms with Crippen LogP contribution in [0.5, 0.6) is 0 Å². The number of amides is 1. The second-order valence-electron chi connectivity index (χ2n) is 9.40. The van der Waals surface area contributed by atoms with E-state index >= 15 is 0 Å². The minimum Gasteiger partial charge on any atom is -0.354 e. The summed E-state index contributed by atoms with van der Waals surface area (Å²) in [6.45, 7) is 2.28. The first-order chi connectivity index (χ1) is 18.2. The van der Waals surface area contributed by atoms with Crippen LogP contribution in [0.25, 0.3) is 0 Å². The SMILES string of the molecule is CS(=O)(=O)N1CCN(CCc2ccccc2F)CC1C(=O)NCCc1cncn1Cc1cccc(C#N)c1. The molecule has 2 aromatic carbocycles. The van der Waals surface area contributed by atoms with Crippen molar-refractivity contribution in [2.75, 3.05) is 39.0 Å². The van der Waals surface area contributed by atoms with Gasteiger partial charge in [-0.15, -0.1) is 0 Å². The van der Waals surface area contributed by atoms with Crippen LogP contribution in [0, 0.1) is 17.1 Å². The van der Waals surface area contributed by atoms with Crippen molar-refractivity contribution in [2.24, 2.45) is 0 Å². The highest BCUT2D eigenvalue weighted by molar-refractivity contribution is 7.88. The summed E-state index contributed by atoms with van der Waals surface area (Å²) in [5, 5.41) is 12.0.